The highest BCUT2D eigenvalue weighted by molar-refractivity contribution is 5.27. The Morgan fingerprint density at radius 3 is 1.43 bits per heavy atom. The molecule has 4 N–H and O–H groups in total. The average molecular weight is 198 g/mol. The van der Waals surface area contributed by atoms with E-state index in [1.54, 1.807) is 24.3 Å². The van der Waals surface area contributed by atoms with Gasteiger partial charge in [-0.2, -0.15) is 0 Å². The van der Waals surface area contributed by atoms with Crippen molar-refractivity contribution in [3.8, 4) is 0 Å². The molecule has 14 heavy (non-hydrogen) atoms. The molecule has 0 aliphatic rings. The first kappa shape index (κ1) is 11.1. The van der Waals surface area contributed by atoms with Crippen LogP contribution in [0.3, 0.4) is 0 Å². The fourth-order valence-electron chi connectivity index (χ4n) is 1.35. The highest BCUT2D eigenvalue weighted by Gasteiger charge is 2.08. The number of rotatable bonds is 4. The molecule has 0 amide bonds. The van der Waals surface area contributed by atoms with Gasteiger partial charge >= 0.3 is 0 Å². The van der Waals surface area contributed by atoms with Crippen molar-refractivity contribution >= 4 is 0 Å². The summed E-state index contributed by atoms with van der Waals surface area (Å²) < 4.78 is 0. The summed E-state index contributed by atoms with van der Waals surface area (Å²) in [5, 5.41) is 35.2. The van der Waals surface area contributed by atoms with Gasteiger partial charge in [-0.05, 0) is 11.1 Å². The smallest absolute Gasteiger partial charge is 0.155 e. The van der Waals surface area contributed by atoms with Crippen molar-refractivity contribution in [2.75, 3.05) is 0 Å². The fraction of sp³-hybridized carbons (Fsp3) is 0.400. The Balaban J connectivity index is 2.80. The molecule has 0 saturated heterocycles. The Morgan fingerprint density at radius 2 is 1.14 bits per heavy atom. The Labute approximate surface area is 82.1 Å². The van der Waals surface area contributed by atoms with E-state index in [0.29, 0.717) is 0 Å². The molecule has 0 spiro atoms. The fourth-order valence-corrected chi connectivity index (χ4v) is 1.35. The zero-order valence-corrected chi connectivity index (χ0v) is 7.67. The van der Waals surface area contributed by atoms with E-state index >= 15 is 0 Å². The Kier molecular flexibility index (Phi) is 4.03. The molecule has 0 heterocycles. The summed E-state index contributed by atoms with van der Waals surface area (Å²) in [7, 11) is 0. The van der Waals surface area contributed by atoms with Crippen LogP contribution < -0.4 is 0 Å². The standard InChI is InChI=1S/C10H14O4/c11-9(12)5-7-3-1-2-4-8(7)6-10(13)14/h1-4,9-14H,5-6H2. The van der Waals surface area contributed by atoms with Crippen LogP contribution >= 0.6 is 0 Å². The number of benzene rings is 1. The second-order valence-electron chi connectivity index (χ2n) is 3.14. The highest BCUT2D eigenvalue weighted by Crippen LogP contribution is 2.12. The highest BCUT2D eigenvalue weighted by atomic mass is 16.5. The SMILES string of the molecule is OC(O)Cc1ccccc1CC(O)O. The van der Waals surface area contributed by atoms with Gasteiger partial charge < -0.3 is 20.4 Å². The second kappa shape index (κ2) is 5.07. The summed E-state index contributed by atoms with van der Waals surface area (Å²) in [6.07, 6.45) is -2.62. The minimum absolute atomic E-state index is 0.100. The summed E-state index contributed by atoms with van der Waals surface area (Å²) in [5.41, 5.74) is 1.44. The third kappa shape index (κ3) is 3.43. The number of hydrogen-bond acceptors (Lipinski definition) is 4. The van der Waals surface area contributed by atoms with E-state index in [1.807, 2.05) is 0 Å². The van der Waals surface area contributed by atoms with Gasteiger partial charge in [0.1, 0.15) is 0 Å². The monoisotopic (exact) mass is 198 g/mol. The normalized spacial score (nSPS) is 11.3. The minimum atomic E-state index is -1.41. The Morgan fingerprint density at radius 1 is 0.786 bits per heavy atom. The summed E-state index contributed by atoms with van der Waals surface area (Å²) in [6.45, 7) is 0. The van der Waals surface area contributed by atoms with E-state index < -0.39 is 12.6 Å². The lowest BCUT2D eigenvalue weighted by Gasteiger charge is -2.11. The van der Waals surface area contributed by atoms with Crippen LogP contribution in [0.5, 0.6) is 0 Å². The molecular weight excluding hydrogens is 184 g/mol. The van der Waals surface area contributed by atoms with Crippen LogP contribution in [0.2, 0.25) is 0 Å². The molecule has 0 atom stereocenters. The zero-order chi connectivity index (χ0) is 10.6. The molecule has 4 heteroatoms. The van der Waals surface area contributed by atoms with Crippen LogP contribution in [0.15, 0.2) is 24.3 Å². The van der Waals surface area contributed by atoms with Gasteiger partial charge in [0.15, 0.2) is 12.6 Å². The van der Waals surface area contributed by atoms with Gasteiger partial charge in [-0.3, -0.25) is 0 Å². The number of aliphatic hydroxyl groups excluding tert-OH is 2. The zero-order valence-electron chi connectivity index (χ0n) is 7.67. The van der Waals surface area contributed by atoms with Crippen LogP contribution in [0.25, 0.3) is 0 Å². The van der Waals surface area contributed by atoms with Crippen molar-refractivity contribution in [3.63, 3.8) is 0 Å². The van der Waals surface area contributed by atoms with Gasteiger partial charge in [0, 0.05) is 12.8 Å². The van der Waals surface area contributed by atoms with Crippen molar-refractivity contribution in [2.24, 2.45) is 0 Å². The lowest BCUT2D eigenvalue weighted by atomic mass is 10.0. The Bertz CT molecular complexity index is 254. The average Bonchev–Trinajstić information content (AvgIpc) is 2.06. The first-order valence-electron chi connectivity index (χ1n) is 4.38. The molecule has 0 aliphatic heterocycles. The molecule has 0 saturated carbocycles. The summed E-state index contributed by atoms with van der Waals surface area (Å²) in [6, 6.07) is 7.00. The van der Waals surface area contributed by atoms with Crippen LogP contribution in [0, 0.1) is 0 Å². The van der Waals surface area contributed by atoms with E-state index in [-0.39, 0.29) is 12.8 Å². The van der Waals surface area contributed by atoms with Gasteiger partial charge in [-0.15, -0.1) is 0 Å². The maximum absolute atomic E-state index is 8.79. The van der Waals surface area contributed by atoms with Crippen molar-refractivity contribution in [1.29, 1.82) is 0 Å². The molecule has 0 radical (unpaired) electrons. The topological polar surface area (TPSA) is 80.9 Å². The molecule has 1 aromatic rings. The molecule has 78 valence electrons. The van der Waals surface area contributed by atoms with Crippen molar-refractivity contribution in [3.05, 3.63) is 35.4 Å². The first-order chi connectivity index (χ1) is 6.59. The van der Waals surface area contributed by atoms with Gasteiger partial charge in [0.25, 0.3) is 0 Å². The van der Waals surface area contributed by atoms with E-state index in [2.05, 4.69) is 0 Å². The molecule has 0 aliphatic carbocycles. The Hall–Kier alpha value is -0.940. The summed E-state index contributed by atoms with van der Waals surface area (Å²) in [5.74, 6) is 0. The molecular formula is C10H14O4. The number of aliphatic hydroxyl groups is 4. The van der Waals surface area contributed by atoms with Crippen molar-refractivity contribution < 1.29 is 20.4 Å². The molecule has 0 aromatic heterocycles. The maximum atomic E-state index is 8.79. The van der Waals surface area contributed by atoms with Crippen molar-refractivity contribution in [2.45, 2.75) is 25.4 Å². The van der Waals surface area contributed by atoms with Gasteiger partial charge in [-0.25, -0.2) is 0 Å². The minimum Gasteiger partial charge on any atom is -0.368 e. The summed E-state index contributed by atoms with van der Waals surface area (Å²) >= 11 is 0. The molecule has 0 bridgehead atoms. The first-order valence-corrected chi connectivity index (χ1v) is 4.38. The molecule has 4 nitrogen and oxygen atoms in total. The van der Waals surface area contributed by atoms with Crippen LogP contribution in [-0.2, 0) is 12.8 Å². The molecule has 0 unspecified atom stereocenters. The van der Waals surface area contributed by atoms with Gasteiger partial charge in [0.05, 0.1) is 0 Å². The molecule has 0 fully saturated rings. The van der Waals surface area contributed by atoms with E-state index in [0.717, 1.165) is 11.1 Å². The van der Waals surface area contributed by atoms with Crippen molar-refractivity contribution in [1.82, 2.24) is 0 Å². The maximum Gasteiger partial charge on any atom is 0.155 e. The largest absolute Gasteiger partial charge is 0.368 e. The lowest BCUT2D eigenvalue weighted by Crippen LogP contribution is -2.14. The van der Waals surface area contributed by atoms with E-state index in [4.69, 9.17) is 20.4 Å². The number of hydrogen-bond donors (Lipinski definition) is 4. The summed E-state index contributed by atoms with van der Waals surface area (Å²) in [4.78, 5) is 0. The van der Waals surface area contributed by atoms with E-state index in [9.17, 15) is 0 Å². The predicted octanol–water partition coefficient (Wildman–Crippen LogP) is -0.607. The van der Waals surface area contributed by atoms with Gasteiger partial charge in [-0.1, -0.05) is 24.3 Å². The van der Waals surface area contributed by atoms with E-state index in [1.165, 1.54) is 0 Å². The third-order valence-electron chi connectivity index (χ3n) is 1.92. The lowest BCUT2D eigenvalue weighted by molar-refractivity contribution is -0.0430. The third-order valence-corrected chi connectivity index (χ3v) is 1.92. The quantitative estimate of drug-likeness (QED) is 0.487. The van der Waals surface area contributed by atoms with Gasteiger partial charge in [0.2, 0.25) is 0 Å². The van der Waals surface area contributed by atoms with Crippen LogP contribution in [0.1, 0.15) is 11.1 Å². The second-order valence-corrected chi connectivity index (χ2v) is 3.14. The van der Waals surface area contributed by atoms with Crippen LogP contribution in [0.4, 0.5) is 0 Å². The predicted molar refractivity (Wildman–Crippen MR) is 50.3 cm³/mol. The van der Waals surface area contributed by atoms with Crippen LogP contribution in [-0.4, -0.2) is 33.0 Å². The molecule has 1 rings (SSSR count). The molecule has 1 aromatic carbocycles.